The Hall–Kier alpha value is -1.47. The van der Waals surface area contributed by atoms with Crippen LogP contribution in [-0.2, 0) is 4.79 Å². The number of hydrogen-bond acceptors (Lipinski definition) is 3. The minimum absolute atomic E-state index is 0.152. The number of rotatable bonds is 11. The summed E-state index contributed by atoms with van der Waals surface area (Å²) in [5.74, 6) is 1.36. The number of carbonyl (C=O) groups excluding carboxylic acids is 1. The lowest BCUT2D eigenvalue weighted by Gasteiger charge is -2.08. The summed E-state index contributed by atoms with van der Waals surface area (Å²) in [5.41, 5.74) is 4.22. The molecule has 134 valence electrons. The van der Waals surface area contributed by atoms with E-state index in [9.17, 15) is 4.79 Å². The highest BCUT2D eigenvalue weighted by Crippen LogP contribution is 2.12. The molecule has 0 aliphatic rings. The molecule has 0 radical (unpaired) electrons. The molecule has 3 nitrogen and oxygen atoms in total. The number of carbonyl (C=O) groups is 1. The zero-order valence-electron chi connectivity index (χ0n) is 15.8. The average molecular weight is 349 g/mol. The highest BCUT2D eigenvalue weighted by atomic mass is 32.2. The quantitative estimate of drug-likeness (QED) is 0.414. The Balaban J connectivity index is 3.97. The van der Waals surface area contributed by atoms with Crippen LogP contribution < -0.4 is 5.32 Å². The normalized spacial score (nSPS) is 13.2. The van der Waals surface area contributed by atoms with Gasteiger partial charge in [0, 0.05) is 18.4 Å². The van der Waals surface area contributed by atoms with Gasteiger partial charge in [-0.05, 0) is 53.4 Å². The van der Waals surface area contributed by atoms with Gasteiger partial charge >= 0.3 is 0 Å². The largest absolute Gasteiger partial charge is 0.340 e. The van der Waals surface area contributed by atoms with Crippen molar-refractivity contribution in [1.82, 2.24) is 5.32 Å². The molecule has 1 amide bonds. The maximum absolute atomic E-state index is 10.9. The van der Waals surface area contributed by atoms with E-state index in [1.807, 2.05) is 0 Å². The smallest absolute Gasteiger partial charge is 0.217 e. The van der Waals surface area contributed by atoms with E-state index in [2.05, 4.69) is 57.3 Å². The van der Waals surface area contributed by atoms with Gasteiger partial charge in [-0.2, -0.15) is 17.0 Å². The fourth-order valence-corrected chi connectivity index (χ4v) is 3.01. The summed E-state index contributed by atoms with van der Waals surface area (Å²) < 4.78 is 0. The second-order valence-electron chi connectivity index (χ2n) is 6.38. The average Bonchev–Trinajstić information content (AvgIpc) is 2.49. The van der Waals surface area contributed by atoms with E-state index >= 15 is 0 Å². The van der Waals surface area contributed by atoms with Gasteiger partial charge in [-0.15, -0.1) is 0 Å². The van der Waals surface area contributed by atoms with E-state index in [1.54, 1.807) is 11.8 Å². The molecule has 0 bridgehead atoms. The first-order chi connectivity index (χ1) is 11.3. The number of amides is 1. The molecule has 0 aromatic carbocycles. The first-order valence-corrected chi connectivity index (χ1v) is 9.69. The van der Waals surface area contributed by atoms with Crippen LogP contribution in [0.4, 0.5) is 0 Å². The summed E-state index contributed by atoms with van der Waals surface area (Å²) in [6.07, 6.45) is 11.3. The SMILES string of the molecule is CC(=O)NC(C#N)CSC/C=C(\C)CC/C=C(\C)CCC=C(C)C. The van der Waals surface area contributed by atoms with Gasteiger partial charge in [0.25, 0.3) is 0 Å². The van der Waals surface area contributed by atoms with Crippen LogP contribution in [0.15, 0.2) is 34.9 Å². The van der Waals surface area contributed by atoms with Crippen molar-refractivity contribution in [2.45, 2.75) is 66.3 Å². The van der Waals surface area contributed by atoms with E-state index in [0.29, 0.717) is 5.75 Å². The molecule has 0 spiro atoms. The summed E-state index contributed by atoms with van der Waals surface area (Å²) in [6.45, 7) is 10.1. The lowest BCUT2D eigenvalue weighted by Crippen LogP contribution is -2.33. The van der Waals surface area contributed by atoms with Gasteiger partial charge in [0.2, 0.25) is 5.91 Å². The van der Waals surface area contributed by atoms with E-state index in [-0.39, 0.29) is 5.91 Å². The van der Waals surface area contributed by atoms with Gasteiger partial charge < -0.3 is 5.32 Å². The Labute approximate surface area is 152 Å². The maximum Gasteiger partial charge on any atom is 0.217 e. The van der Waals surface area contributed by atoms with Crippen LogP contribution in [0.1, 0.15) is 60.3 Å². The predicted octanol–water partition coefficient (Wildman–Crippen LogP) is 5.17. The third kappa shape index (κ3) is 14.1. The number of thioether (sulfide) groups is 1. The van der Waals surface area contributed by atoms with E-state index in [1.165, 1.54) is 23.6 Å². The molecule has 0 aliphatic carbocycles. The second-order valence-corrected chi connectivity index (χ2v) is 7.45. The Morgan fingerprint density at radius 3 is 2.17 bits per heavy atom. The predicted molar refractivity (Wildman–Crippen MR) is 106 cm³/mol. The number of nitrogens with one attached hydrogen (secondary N) is 1. The molecule has 0 aromatic heterocycles. The third-order valence-electron chi connectivity index (χ3n) is 3.49. The summed E-state index contributed by atoms with van der Waals surface area (Å²) in [7, 11) is 0. The van der Waals surface area contributed by atoms with Gasteiger partial charge in [0.15, 0.2) is 0 Å². The summed E-state index contributed by atoms with van der Waals surface area (Å²) in [5, 5.41) is 11.6. The lowest BCUT2D eigenvalue weighted by atomic mass is 10.1. The molecule has 1 unspecified atom stereocenters. The first-order valence-electron chi connectivity index (χ1n) is 8.54. The monoisotopic (exact) mass is 348 g/mol. The molecule has 24 heavy (non-hydrogen) atoms. The van der Waals surface area contributed by atoms with Gasteiger partial charge in [-0.25, -0.2) is 0 Å². The summed E-state index contributed by atoms with van der Waals surface area (Å²) in [6, 6.07) is 1.71. The second kappa shape index (κ2) is 13.9. The Morgan fingerprint density at radius 1 is 1.04 bits per heavy atom. The third-order valence-corrected chi connectivity index (χ3v) is 4.46. The Morgan fingerprint density at radius 2 is 1.62 bits per heavy atom. The van der Waals surface area contributed by atoms with Crippen LogP contribution in [0.2, 0.25) is 0 Å². The van der Waals surface area contributed by atoms with Gasteiger partial charge in [-0.1, -0.05) is 34.9 Å². The summed E-state index contributed by atoms with van der Waals surface area (Å²) in [4.78, 5) is 10.9. The first kappa shape index (κ1) is 22.5. The lowest BCUT2D eigenvalue weighted by molar-refractivity contribution is -0.119. The standard InChI is InChI=1S/C20H32N2OS/c1-16(2)8-6-9-17(3)10-7-11-18(4)12-13-24-15-20(14-21)22-19(5)23/h8,10,12,20H,6-7,9,11,13,15H2,1-5H3,(H,22,23)/b17-10+,18-12+. The van der Waals surface area contributed by atoms with Crippen molar-refractivity contribution >= 4 is 17.7 Å². The zero-order valence-corrected chi connectivity index (χ0v) is 16.6. The van der Waals surface area contributed by atoms with Crippen LogP contribution in [0.5, 0.6) is 0 Å². The van der Waals surface area contributed by atoms with Crippen molar-refractivity contribution in [3.05, 3.63) is 34.9 Å². The molecule has 1 atom stereocenters. The summed E-state index contributed by atoms with van der Waals surface area (Å²) >= 11 is 1.67. The highest BCUT2D eigenvalue weighted by Gasteiger charge is 2.07. The highest BCUT2D eigenvalue weighted by molar-refractivity contribution is 7.99. The van der Waals surface area contributed by atoms with Crippen molar-refractivity contribution in [3.8, 4) is 6.07 Å². The van der Waals surface area contributed by atoms with Gasteiger partial charge in [0.1, 0.15) is 6.04 Å². The van der Waals surface area contributed by atoms with Crippen LogP contribution in [0.25, 0.3) is 0 Å². The van der Waals surface area contributed by atoms with Crippen LogP contribution in [-0.4, -0.2) is 23.5 Å². The van der Waals surface area contributed by atoms with Crippen molar-refractivity contribution < 1.29 is 4.79 Å². The molecular formula is C20H32N2OS. The molecule has 0 fully saturated rings. The van der Waals surface area contributed by atoms with Crippen molar-refractivity contribution in [1.29, 1.82) is 5.26 Å². The molecule has 0 aromatic rings. The van der Waals surface area contributed by atoms with E-state index in [4.69, 9.17) is 5.26 Å². The molecule has 0 rings (SSSR count). The maximum atomic E-state index is 10.9. The zero-order chi connectivity index (χ0) is 18.4. The Bertz CT molecular complexity index is 508. The number of nitriles is 1. The number of hydrogen-bond donors (Lipinski definition) is 1. The molecule has 0 saturated carbocycles. The number of nitrogens with zero attached hydrogens (tertiary/aromatic N) is 1. The van der Waals surface area contributed by atoms with Crippen LogP contribution >= 0.6 is 11.8 Å². The minimum Gasteiger partial charge on any atom is -0.340 e. The molecule has 0 heterocycles. The molecule has 1 N–H and O–H groups in total. The topological polar surface area (TPSA) is 52.9 Å². The van der Waals surface area contributed by atoms with Gasteiger partial charge in [0.05, 0.1) is 6.07 Å². The van der Waals surface area contributed by atoms with Crippen LogP contribution in [0, 0.1) is 11.3 Å². The van der Waals surface area contributed by atoms with Crippen molar-refractivity contribution in [3.63, 3.8) is 0 Å². The molecule has 0 saturated heterocycles. The van der Waals surface area contributed by atoms with Crippen molar-refractivity contribution in [2.24, 2.45) is 0 Å². The molecule has 0 aliphatic heterocycles. The van der Waals surface area contributed by atoms with Crippen LogP contribution in [0.3, 0.4) is 0 Å². The number of allylic oxidation sites excluding steroid dienone is 5. The Kier molecular flexibility index (Phi) is 13.1. The fraction of sp³-hybridized carbons (Fsp3) is 0.600. The molecule has 4 heteroatoms. The fourth-order valence-electron chi connectivity index (χ4n) is 2.08. The van der Waals surface area contributed by atoms with Gasteiger partial charge in [-0.3, -0.25) is 4.79 Å². The van der Waals surface area contributed by atoms with E-state index < -0.39 is 6.04 Å². The minimum atomic E-state index is -0.396. The molecular weight excluding hydrogens is 316 g/mol. The van der Waals surface area contributed by atoms with E-state index in [0.717, 1.165) is 31.4 Å². The van der Waals surface area contributed by atoms with Crippen molar-refractivity contribution in [2.75, 3.05) is 11.5 Å².